The summed E-state index contributed by atoms with van der Waals surface area (Å²) >= 11 is 0. The van der Waals surface area contributed by atoms with E-state index >= 15 is 0 Å². The summed E-state index contributed by atoms with van der Waals surface area (Å²) in [5.41, 5.74) is 1.09. The van der Waals surface area contributed by atoms with Gasteiger partial charge in [-0.15, -0.1) is 0 Å². The first-order valence-electron chi connectivity index (χ1n) is 5.72. The molecule has 0 aliphatic carbocycles. The molecule has 2 aliphatic heterocycles. The lowest BCUT2D eigenvalue weighted by molar-refractivity contribution is 0.120. The standard InChI is InChI=1S/C12H16N2O2/c15-11-1-2-12-9(5-11)7-14-4-3-13-6-10(14)8-16-12/h1-2,5,10,13,15H,3-4,6-8H2. The number of nitrogens with zero attached hydrogens (tertiary/aromatic N) is 1. The number of piperazine rings is 1. The third kappa shape index (κ3) is 1.74. The van der Waals surface area contributed by atoms with Gasteiger partial charge in [-0.3, -0.25) is 4.90 Å². The topological polar surface area (TPSA) is 44.7 Å². The molecule has 0 radical (unpaired) electrons. The largest absolute Gasteiger partial charge is 0.508 e. The summed E-state index contributed by atoms with van der Waals surface area (Å²) in [7, 11) is 0. The first-order chi connectivity index (χ1) is 7.83. The molecule has 3 rings (SSSR count). The van der Waals surface area contributed by atoms with Crippen molar-refractivity contribution in [3.63, 3.8) is 0 Å². The number of aromatic hydroxyl groups is 1. The summed E-state index contributed by atoms with van der Waals surface area (Å²) in [5, 5.41) is 12.9. The van der Waals surface area contributed by atoms with Gasteiger partial charge in [0.1, 0.15) is 18.1 Å². The summed E-state index contributed by atoms with van der Waals surface area (Å²) < 4.78 is 5.78. The summed E-state index contributed by atoms with van der Waals surface area (Å²) in [4.78, 5) is 2.42. The number of hydrogen-bond donors (Lipinski definition) is 2. The van der Waals surface area contributed by atoms with Crippen molar-refractivity contribution >= 4 is 0 Å². The monoisotopic (exact) mass is 220 g/mol. The van der Waals surface area contributed by atoms with Gasteiger partial charge in [0.15, 0.2) is 0 Å². The van der Waals surface area contributed by atoms with Gasteiger partial charge in [-0.2, -0.15) is 0 Å². The molecule has 2 aliphatic rings. The van der Waals surface area contributed by atoms with Crippen LogP contribution in [0.25, 0.3) is 0 Å². The molecule has 0 amide bonds. The van der Waals surface area contributed by atoms with Crippen molar-refractivity contribution in [2.45, 2.75) is 12.6 Å². The predicted molar refractivity (Wildman–Crippen MR) is 60.7 cm³/mol. The van der Waals surface area contributed by atoms with Crippen LogP contribution in [-0.2, 0) is 6.54 Å². The Morgan fingerprint density at radius 3 is 3.31 bits per heavy atom. The summed E-state index contributed by atoms with van der Waals surface area (Å²) in [6, 6.07) is 5.79. The van der Waals surface area contributed by atoms with Gasteiger partial charge in [-0.1, -0.05) is 0 Å². The number of phenolic OH excluding ortho intramolecular Hbond substituents is 1. The molecule has 1 saturated heterocycles. The second kappa shape index (κ2) is 3.96. The molecule has 1 aromatic carbocycles. The highest BCUT2D eigenvalue weighted by atomic mass is 16.5. The molecule has 0 saturated carbocycles. The van der Waals surface area contributed by atoms with E-state index in [4.69, 9.17) is 4.74 Å². The van der Waals surface area contributed by atoms with Gasteiger partial charge in [0.05, 0.1) is 6.04 Å². The Hall–Kier alpha value is -1.26. The molecule has 2 heterocycles. The Morgan fingerprint density at radius 1 is 1.44 bits per heavy atom. The maximum Gasteiger partial charge on any atom is 0.124 e. The van der Waals surface area contributed by atoms with E-state index in [1.54, 1.807) is 12.1 Å². The van der Waals surface area contributed by atoms with E-state index in [0.29, 0.717) is 11.8 Å². The maximum absolute atomic E-state index is 9.49. The highest BCUT2D eigenvalue weighted by Crippen LogP contribution is 2.28. The van der Waals surface area contributed by atoms with Crippen molar-refractivity contribution in [3.05, 3.63) is 23.8 Å². The van der Waals surface area contributed by atoms with Crippen molar-refractivity contribution < 1.29 is 9.84 Å². The van der Waals surface area contributed by atoms with Crippen molar-refractivity contribution in [2.75, 3.05) is 26.2 Å². The molecule has 0 bridgehead atoms. The van der Waals surface area contributed by atoms with E-state index in [1.165, 1.54) is 0 Å². The number of benzene rings is 1. The van der Waals surface area contributed by atoms with Gasteiger partial charge < -0.3 is 15.2 Å². The van der Waals surface area contributed by atoms with Gasteiger partial charge in [0.2, 0.25) is 0 Å². The highest BCUT2D eigenvalue weighted by molar-refractivity contribution is 5.40. The smallest absolute Gasteiger partial charge is 0.124 e. The van der Waals surface area contributed by atoms with Gasteiger partial charge >= 0.3 is 0 Å². The number of fused-ring (bicyclic) bond motifs is 2. The predicted octanol–water partition coefficient (Wildman–Crippen LogP) is 0.558. The first-order valence-corrected chi connectivity index (χ1v) is 5.72. The zero-order chi connectivity index (χ0) is 11.0. The summed E-state index contributed by atoms with van der Waals surface area (Å²) in [6.45, 7) is 4.66. The van der Waals surface area contributed by atoms with Crippen molar-refractivity contribution in [3.8, 4) is 11.5 Å². The molecule has 2 N–H and O–H groups in total. The van der Waals surface area contributed by atoms with Crippen LogP contribution in [0.5, 0.6) is 11.5 Å². The molecule has 1 aromatic rings. The van der Waals surface area contributed by atoms with E-state index in [-0.39, 0.29) is 0 Å². The van der Waals surface area contributed by atoms with Crippen LogP contribution in [0.15, 0.2) is 18.2 Å². The number of rotatable bonds is 0. The quantitative estimate of drug-likeness (QED) is 0.670. The molecule has 1 atom stereocenters. The van der Waals surface area contributed by atoms with Crippen LogP contribution >= 0.6 is 0 Å². The SMILES string of the molecule is Oc1ccc2c(c1)CN1CCNCC1CO2. The van der Waals surface area contributed by atoms with Crippen LogP contribution in [0.1, 0.15) is 5.56 Å². The minimum atomic E-state index is 0.316. The van der Waals surface area contributed by atoms with Crippen LogP contribution < -0.4 is 10.1 Å². The summed E-state index contributed by atoms with van der Waals surface area (Å²) in [5.74, 6) is 1.23. The minimum absolute atomic E-state index is 0.316. The van der Waals surface area contributed by atoms with Gasteiger partial charge in [-0.05, 0) is 18.2 Å². The van der Waals surface area contributed by atoms with E-state index in [9.17, 15) is 5.11 Å². The second-order valence-corrected chi connectivity index (χ2v) is 4.43. The lowest BCUT2D eigenvalue weighted by atomic mass is 10.1. The molecule has 4 nitrogen and oxygen atoms in total. The maximum atomic E-state index is 9.49. The lowest BCUT2D eigenvalue weighted by Gasteiger charge is -2.33. The molecule has 86 valence electrons. The Morgan fingerprint density at radius 2 is 2.38 bits per heavy atom. The third-order valence-electron chi connectivity index (χ3n) is 3.32. The van der Waals surface area contributed by atoms with Crippen LogP contribution in [-0.4, -0.2) is 42.3 Å². The Bertz CT molecular complexity index is 395. The van der Waals surface area contributed by atoms with Crippen LogP contribution in [0.2, 0.25) is 0 Å². The van der Waals surface area contributed by atoms with Gasteiger partial charge in [0, 0.05) is 31.7 Å². The molecule has 16 heavy (non-hydrogen) atoms. The normalized spacial score (nSPS) is 25.1. The van der Waals surface area contributed by atoms with E-state index in [0.717, 1.165) is 44.1 Å². The van der Waals surface area contributed by atoms with Crippen molar-refractivity contribution in [1.82, 2.24) is 10.2 Å². The van der Waals surface area contributed by atoms with E-state index < -0.39 is 0 Å². The first kappa shape index (κ1) is 9.93. The molecular formula is C12H16N2O2. The van der Waals surface area contributed by atoms with Crippen molar-refractivity contribution in [2.24, 2.45) is 0 Å². The molecular weight excluding hydrogens is 204 g/mol. The van der Waals surface area contributed by atoms with Gasteiger partial charge in [-0.25, -0.2) is 0 Å². The Balaban J connectivity index is 1.90. The Labute approximate surface area is 94.8 Å². The zero-order valence-corrected chi connectivity index (χ0v) is 9.15. The molecule has 0 spiro atoms. The van der Waals surface area contributed by atoms with Crippen LogP contribution in [0, 0.1) is 0 Å². The average molecular weight is 220 g/mol. The number of phenols is 1. The summed E-state index contributed by atoms with van der Waals surface area (Å²) in [6.07, 6.45) is 0. The number of ether oxygens (including phenoxy) is 1. The third-order valence-corrected chi connectivity index (χ3v) is 3.32. The fourth-order valence-electron chi connectivity index (χ4n) is 2.41. The Kier molecular flexibility index (Phi) is 2.46. The fourth-order valence-corrected chi connectivity index (χ4v) is 2.41. The molecule has 1 unspecified atom stereocenters. The second-order valence-electron chi connectivity index (χ2n) is 4.43. The van der Waals surface area contributed by atoms with Crippen LogP contribution in [0.3, 0.4) is 0 Å². The zero-order valence-electron chi connectivity index (χ0n) is 9.15. The highest BCUT2D eigenvalue weighted by Gasteiger charge is 2.26. The minimum Gasteiger partial charge on any atom is -0.508 e. The van der Waals surface area contributed by atoms with Crippen LogP contribution in [0.4, 0.5) is 0 Å². The molecule has 0 aromatic heterocycles. The molecule has 4 heteroatoms. The van der Waals surface area contributed by atoms with Crippen molar-refractivity contribution in [1.29, 1.82) is 0 Å². The fraction of sp³-hybridized carbons (Fsp3) is 0.500. The average Bonchev–Trinajstić information content (AvgIpc) is 2.47. The van der Waals surface area contributed by atoms with Gasteiger partial charge in [0.25, 0.3) is 0 Å². The molecule has 1 fully saturated rings. The van der Waals surface area contributed by atoms with E-state index in [2.05, 4.69) is 10.2 Å². The number of nitrogens with one attached hydrogen (secondary N) is 1. The lowest BCUT2D eigenvalue weighted by Crippen LogP contribution is -2.52. The number of hydrogen-bond acceptors (Lipinski definition) is 4. The van der Waals surface area contributed by atoms with E-state index in [1.807, 2.05) is 6.07 Å².